The van der Waals surface area contributed by atoms with Crippen molar-refractivity contribution in [1.82, 2.24) is 15.1 Å². The number of carbonyl (C=O) groups excluding carboxylic acids is 2. The highest BCUT2D eigenvalue weighted by Crippen LogP contribution is 2.35. The minimum atomic E-state index is -4.97. The molecule has 1 aromatic heterocycles. The van der Waals surface area contributed by atoms with Gasteiger partial charge in [-0.1, -0.05) is 29.3 Å². The van der Waals surface area contributed by atoms with Crippen molar-refractivity contribution in [3.05, 3.63) is 79.1 Å². The van der Waals surface area contributed by atoms with Gasteiger partial charge in [0.25, 0.3) is 17.5 Å². The first-order chi connectivity index (χ1) is 15.8. The predicted molar refractivity (Wildman–Crippen MR) is 118 cm³/mol. The lowest BCUT2D eigenvalue weighted by Crippen LogP contribution is -2.23. The third kappa shape index (κ3) is 4.82. The van der Waals surface area contributed by atoms with Gasteiger partial charge in [0.1, 0.15) is 5.69 Å². The summed E-state index contributed by atoms with van der Waals surface area (Å²) in [6, 6.07) is 6.55. The number of hydrogen-bond acceptors (Lipinski definition) is 5. The number of rotatable bonds is 5. The molecular formula is C20H14Cl2F3N5O4. The van der Waals surface area contributed by atoms with Crippen LogP contribution in [0.25, 0.3) is 5.69 Å². The molecule has 0 saturated carbocycles. The molecule has 0 aliphatic rings. The number of nitro benzene ring substituents is 1. The third-order valence-corrected chi connectivity index (χ3v) is 5.14. The molecule has 1 heterocycles. The summed E-state index contributed by atoms with van der Waals surface area (Å²) in [5.41, 5.74) is -3.13. The van der Waals surface area contributed by atoms with Crippen LogP contribution in [0.2, 0.25) is 10.0 Å². The zero-order valence-electron chi connectivity index (χ0n) is 17.3. The Kier molecular flexibility index (Phi) is 6.84. The van der Waals surface area contributed by atoms with E-state index in [9.17, 15) is 32.9 Å². The maximum absolute atomic E-state index is 13.4. The summed E-state index contributed by atoms with van der Waals surface area (Å²) in [6.07, 6.45) is -4.97. The van der Waals surface area contributed by atoms with Crippen LogP contribution in [0.5, 0.6) is 0 Å². The number of aromatic nitrogens is 2. The fourth-order valence-corrected chi connectivity index (χ4v) is 3.64. The van der Waals surface area contributed by atoms with Crippen LogP contribution in [0.1, 0.15) is 32.1 Å². The molecule has 14 heteroatoms. The van der Waals surface area contributed by atoms with Crippen LogP contribution >= 0.6 is 23.2 Å². The van der Waals surface area contributed by atoms with E-state index in [1.54, 1.807) is 0 Å². The monoisotopic (exact) mass is 515 g/mol. The largest absolute Gasteiger partial charge is 0.435 e. The van der Waals surface area contributed by atoms with Crippen LogP contribution in [-0.2, 0) is 6.18 Å². The number of alkyl halides is 3. The summed E-state index contributed by atoms with van der Waals surface area (Å²) < 4.78 is 40.7. The van der Waals surface area contributed by atoms with E-state index in [1.807, 2.05) is 0 Å². The van der Waals surface area contributed by atoms with Gasteiger partial charge in [-0.15, -0.1) is 0 Å². The van der Waals surface area contributed by atoms with Gasteiger partial charge in [-0.2, -0.15) is 18.3 Å². The molecule has 0 spiro atoms. The molecule has 9 nitrogen and oxygen atoms in total. The average molecular weight is 516 g/mol. The fourth-order valence-electron chi connectivity index (χ4n) is 3.11. The van der Waals surface area contributed by atoms with Crippen LogP contribution < -0.4 is 10.6 Å². The summed E-state index contributed by atoms with van der Waals surface area (Å²) in [5.74, 6) is -1.75. The summed E-state index contributed by atoms with van der Waals surface area (Å²) in [6.45, 7) is 1.52. The second kappa shape index (κ2) is 9.31. The molecule has 2 aromatic carbocycles. The fraction of sp³-hybridized carbons (Fsp3) is 0.150. The van der Waals surface area contributed by atoms with Gasteiger partial charge in [-0.05, 0) is 30.7 Å². The molecule has 2 amide bonds. The third-order valence-electron chi connectivity index (χ3n) is 4.62. The first-order valence-corrected chi connectivity index (χ1v) is 10.0. The highest BCUT2D eigenvalue weighted by Gasteiger charge is 2.37. The number of benzene rings is 2. The molecule has 0 aliphatic heterocycles. The van der Waals surface area contributed by atoms with E-state index >= 15 is 0 Å². The van der Waals surface area contributed by atoms with Crippen LogP contribution in [0.15, 0.2) is 36.4 Å². The summed E-state index contributed by atoms with van der Waals surface area (Å²) in [7, 11) is 1.34. The van der Waals surface area contributed by atoms with E-state index in [4.69, 9.17) is 23.2 Å². The van der Waals surface area contributed by atoms with Crippen LogP contribution in [0, 0.1) is 17.0 Å². The maximum Gasteiger partial charge on any atom is 0.435 e. The van der Waals surface area contributed by atoms with Gasteiger partial charge in [-0.25, -0.2) is 4.68 Å². The molecule has 0 unspecified atom stereocenters. The summed E-state index contributed by atoms with van der Waals surface area (Å²) in [5, 5.41) is 19.5. The number of amides is 2. The van der Waals surface area contributed by atoms with Gasteiger partial charge in [0.2, 0.25) is 0 Å². The Morgan fingerprint density at radius 3 is 2.41 bits per heavy atom. The predicted octanol–water partition coefficient (Wildman–Crippen LogP) is 5.03. The van der Waals surface area contributed by atoms with Crippen molar-refractivity contribution in [2.45, 2.75) is 13.1 Å². The van der Waals surface area contributed by atoms with Gasteiger partial charge < -0.3 is 10.6 Å². The molecule has 34 heavy (non-hydrogen) atoms. The minimum absolute atomic E-state index is 0.0243. The van der Waals surface area contributed by atoms with Crippen molar-refractivity contribution in [3.8, 4) is 5.69 Å². The zero-order valence-corrected chi connectivity index (χ0v) is 18.8. The summed E-state index contributed by atoms with van der Waals surface area (Å²) in [4.78, 5) is 36.0. The molecule has 0 aliphatic carbocycles. The van der Waals surface area contributed by atoms with Gasteiger partial charge in [-0.3, -0.25) is 19.7 Å². The first-order valence-electron chi connectivity index (χ1n) is 9.29. The number of para-hydroxylation sites is 1. The topological polar surface area (TPSA) is 119 Å². The Bertz CT molecular complexity index is 1320. The highest BCUT2D eigenvalue weighted by atomic mass is 35.5. The molecule has 3 rings (SSSR count). The first kappa shape index (κ1) is 25.0. The second-order valence-electron chi connectivity index (χ2n) is 6.87. The molecule has 3 aromatic rings. The minimum Gasteiger partial charge on any atom is -0.355 e. The van der Waals surface area contributed by atoms with Crippen molar-refractivity contribution in [3.63, 3.8) is 0 Å². The van der Waals surface area contributed by atoms with Crippen LogP contribution in [0.3, 0.4) is 0 Å². The van der Waals surface area contributed by atoms with Crippen molar-refractivity contribution in [2.75, 3.05) is 12.4 Å². The molecule has 0 radical (unpaired) electrons. The van der Waals surface area contributed by atoms with E-state index in [2.05, 4.69) is 15.7 Å². The Morgan fingerprint density at radius 2 is 1.82 bits per heavy atom. The van der Waals surface area contributed by atoms with Gasteiger partial charge in [0, 0.05) is 24.2 Å². The Labute approximate surface area is 199 Å². The van der Waals surface area contributed by atoms with Gasteiger partial charge in [0.05, 0.1) is 21.2 Å². The molecule has 178 valence electrons. The highest BCUT2D eigenvalue weighted by molar-refractivity contribution is 6.33. The molecule has 0 atom stereocenters. The van der Waals surface area contributed by atoms with E-state index < -0.39 is 45.7 Å². The van der Waals surface area contributed by atoms with Crippen LogP contribution in [-0.4, -0.2) is 33.6 Å². The Morgan fingerprint density at radius 1 is 1.15 bits per heavy atom. The maximum atomic E-state index is 13.4. The van der Waals surface area contributed by atoms with Crippen molar-refractivity contribution in [2.24, 2.45) is 0 Å². The number of halogens is 5. The lowest BCUT2D eigenvalue weighted by molar-refractivity contribution is -0.384. The number of hydrogen-bond donors (Lipinski definition) is 2. The number of aryl methyl sites for hydroxylation is 1. The molecule has 0 saturated heterocycles. The SMILES string of the molecule is CNC(=O)c1cc(Cl)cc(C)c1NC(=O)c1cc(C(F)(F)F)nn1-c1c(Cl)cccc1[N+](=O)[O-]. The van der Waals surface area contributed by atoms with Crippen molar-refractivity contribution < 1.29 is 27.7 Å². The van der Waals surface area contributed by atoms with Crippen LogP contribution in [0.4, 0.5) is 24.5 Å². The standard InChI is InChI=1S/C20H14Cl2F3N5O4/c1-9-6-10(21)7-11(18(31)26-2)16(9)27-19(32)14-8-15(20(23,24)25)28-29(14)17-12(22)4-3-5-13(17)30(33)34/h3-8H,1-2H3,(H,26,31)(H,27,32). The van der Waals surface area contributed by atoms with E-state index in [-0.39, 0.29) is 21.3 Å². The lowest BCUT2D eigenvalue weighted by Gasteiger charge is -2.15. The zero-order chi connectivity index (χ0) is 25.4. The number of nitro groups is 1. The smallest absolute Gasteiger partial charge is 0.355 e. The van der Waals surface area contributed by atoms with Gasteiger partial charge in [0.15, 0.2) is 11.4 Å². The second-order valence-corrected chi connectivity index (χ2v) is 7.71. The van der Waals surface area contributed by atoms with Crippen molar-refractivity contribution >= 4 is 46.4 Å². The average Bonchev–Trinajstić information content (AvgIpc) is 3.20. The van der Waals surface area contributed by atoms with Crippen molar-refractivity contribution in [1.29, 1.82) is 0 Å². The van der Waals surface area contributed by atoms with Gasteiger partial charge >= 0.3 is 6.18 Å². The Hall–Kier alpha value is -3.64. The molecule has 0 fully saturated rings. The molecule has 0 bridgehead atoms. The number of nitrogens with zero attached hydrogens (tertiary/aromatic N) is 3. The normalized spacial score (nSPS) is 11.3. The summed E-state index contributed by atoms with van der Waals surface area (Å²) >= 11 is 12.0. The molecule has 2 N–H and O–H groups in total. The lowest BCUT2D eigenvalue weighted by atomic mass is 10.1. The molecular weight excluding hydrogens is 502 g/mol. The number of carbonyl (C=O) groups is 2. The van der Waals surface area contributed by atoms with E-state index in [1.165, 1.54) is 38.2 Å². The van der Waals surface area contributed by atoms with E-state index in [0.717, 1.165) is 6.07 Å². The number of anilines is 1. The quantitative estimate of drug-likeness (QED) is 0.365. The Balaban J connectivity index is 2.21. The number of nitrogens with one attached hydrogen (secondary N) is 2. The van der Waals surface area contributed by atoms with E-state index in [0.29, 0.717) is 16.3 Å².